The van der Waals surface area contributed by atoms with Crippen molar-refractivity contribution >= 4 is 5.82 Å². The minimum Gasteiger partial charge on any atom is -0.383 e. The molecule has 2 heteroatoms. The molecule has 0 atom stereocenters. The van der Waals surface area contributed by atoms with Crippen LogP contribution in [0.15, 0.2) is 36.5 Å². The van der Waals surface area contributed by atoms with E-state index in [-0.39, 0.29) is 0 Å². The maximum Gasteiger partial charge on any atom is 0.131 e. The molecule has 0 aliphatic rings. The van der Waals surface area contributed by atoms with E-state index in [1.807, 2.05) is 6.07 Å². The zero-order valence-corrected chi connectivity index (χ0v) is 10.4. The van der Waals surface area contributed by atoms with Gasteiger partial charge in [-0.25, -0.2) is 4.98 Å². The number of nitrogens with zero attached hydrogens (tertiary/aromatic N) is 1. The summed E-state index contributed by atoms with van der Waals surface area (Å²) in [5.74, 6) is 0.605. The predicted molar refractivity (Wildman–Crippen MR) is 72.8 cm³/mol. The second-order valence-electron chi connectivity index (χ2n) is 4.34. The Hall–Kier alpha value is -1.83. The molecule has 17 heavy (non-hydrogen) atoms. The van der Waals surface area contributed by atoms with Gasteiger partial charge in [0.1, 0.15) is 5.82 Å². The van der Waals surface area contributed by atoms with Crippen LogP contribution < -0.4 is 5.73 Å². The summed E-state index contributed by atoms with van der Waals surface area (Å²) in [6.07, 6.45) is 4.05. The lowest BCUT2D eigenvalue weighted by atomic mass is 9.99. The van der Waals surface area contributed by atoms with Crippen molar-refractivity contribution in [3.05, 3.63) is 47.7 Å². The largest absolute Gasteiger partial charge is 0.383 e. The van der Waals surface area contributed by atoms with Crippen LogP contribution in [0.25, 0.3) is 11.1 Å². The zero-order chi connectivity index (χ0) is 12.3. The lowest BCUT2D eigenvalue weighted by molar-refractivity contribution is 0.922. The molecule has 88 valence electrons. The van der Waals surface area contributed by atoms with Gasteiger partial charge in [-0.2, -0.15) is 0 Å². The van der Waals surface area contributed by atoms with Gasteiger partial charge in [-0.05, 0) is 36.1 Å². The van der Waals surface area contributed by atoms with Crippen molar-refractivity contribution in [2.24, 2.45) is 0 Å². The van der Waals surface area contributed by atoms with Crippen LogP contribution in [0.1, 0.15) is 24.5 Å². The lowest BCUT2D eigenvalue weighted by Crippen LogP contribution is -1.96. The molecule has 0 aliphatic heterocycles. The van der Waals surface area contributed by atoms with E-state index in [1.165, 1.54) is 17.5 Å². The molecule has 0 bridgehead atoms. The van der Waals surface area contributed by atoms with E-state index in [9.17, 15) is 0 Å². The number of rotatable bonds is 3. The monoisotopic (exact) mass is 226 g/mol. The molecule has 0 aliphatic carbocycles. The first-order chi connectivity index (χ1) is 8.22. The molecule has 2 nitrogen and oxygen atoms in total. The smallest absolute Gasteiger partial charge is 0.131 e. The molecular formula is C15H18N2. The number of benzene rings is 1. The van der Waals surface area contributed by atoms with Crippen LogP contribution in [0.5, 0.6) is 0 Å². The lowest BCUT2D eigenvalue weighted by Gasteiger charge is -2.09. The van der Waals surface area contributed by atoms with E-state index in [2.05, 4.69) is 43.1 Å². The second-order valence-corrected chi connectivity index (χ2v) is 4.34. The van der Waals surface area contributed by atoms with Crippen LogP contribution in [0, 0.1) is 6.92 Å². The Bertz CT molecular complexity index is 481. The fourth-order valence-corrected chi connectivity index (χ4v) is 2.08. The maximum atomic E-state index is 5.94. The number of anilines is 1. The van der Waals surface area contributed by atoms with Crippen molar-refractivity contribution < 1.29 is 0 Å². The average molecular weight is 226 g/mol. The number of pyridine rings is 1. The van der Waals surface area contributed by atoms with Crippen molar-refractivity contribution in [3.63, 3.8) is 0 Å². The van der Waals surface area contributed by atoms with Gasteiger partial charge in [0, 0.05) is 11.8 Å². The van der Waals surface area contributed by atoms with Gasteiger partial charge in [-0.3, -0.25) is 0 Å². The molecular weight excluding hydrogens is 208 g/mol. The van der Waals surface area contributed by atoms with E-state index in [1.54, 1.807) is 6.20 Å². The topological polar surface area (TPSA) is 38.9 Å². The van der Waals surface area contributed by atoms with Crippen LogP contribution in [-0.2, 0) is 6.42 Å². The highest BCUT2D eigenvalue weighted by molar-refractivity contribution is 5.76. The van der Waals surface area contributed by atoms with Crippen molar-refractivity contribution in [1.29, 1.82) is 0 Å². The summed E-state index contributed by atoms with van der Waals surface area (Å²) < 4.78 is 0. The first-order valence-corrected chi connectivity index (χ1v) is 6.02. The van der Waals surface area contributed by atoms with Gasteiger partial charge in [-0.1, -0.05) is 37.6 Å². The summed E-state index contributed by atoms with van der Waals surface area (Å²) in [5, 5.41) is 0. The van der Waals surface area contributed by atoms with Gasteiger partial charge in [0.2, 0.25) is 0 Å². The summed E-state index contributed by atoms with van der Waals surface area (Å²) in [7, 11) is 0. The standard InChI is InChI=1S/C15H18N2/c1-3-4-12-5-7-13(8-6-12)14-11(2)9-10-17-15(14)16/h5-10H,3-4H2,1-2H3,(H2,16,17). The third kappa shape index (κ3) is 2.47. The third-order valence-electron chi connectivity index (χ3n) is 2.97. The molecule has 0 unspecified atom stereocenters. The Kier molecular flexibility index (Phi) is 3.43. The average Bonchev–Trinajstić information content (AvgIpc) is 2.31. The number of nitrogens with two attached hydrogens (primary N) is 1. The van der Waals surface area contributed by atoms with Crippen molar-refractivity contribution in [3.8, 4) is 11.1 Å². The number of aryl methyl sites for hydroxylation is 2. The molecule has 1 heterocycles. The minimum atomic E-state index is 0.605. The van der Waals surface area contributed by atoms with Gasteiger partial charge >= 0.3 is 0 Å². The van der Waals surface area contributed by atoms with E-state index < -0.39 is 0 Å². The Morgan fingerprint density at radius 3 is 2.41 bits per heavy atom. The molecule has 0 amide bonds. The van der Waals surface area contributed by atoms with E-state index in [4.69, 9.17) is 5.73 Å². The summed E-state index contributed by atoms with van der Waals surface area (Å²) >= 11 is 0. The molecule has 0 fully saturated rings. The maximum absolute atomic E-state index is 5.94. The fourth-order valence-electron chi connectivity index (χ4n) is 2.08. The fraction of sp³-hybridized carbons (Fsp3) is 0.267. The third-order valence-corrected chi connectivity index (χ3v) is 2.97. The highest BCUT2D eigenvalue weighted by Crippen LogP contribution is 2.27. The first-order valence-electron chi connectivity index (χ1n) is 6.02. The Morgan fingerprint density at radius 1 is 1.12 bits per heavy atom. The number of aromatic nitrogens is 1. The molecule has 1 aromatic carbocycles. The Labute approximate surface area is 103 Å². The molecule has 2 rings (SSSR count). The van der Waals surface area contributed by atoms with Crippen LogP contribution in [0.4, 0.5) is 5.82 Å². The van der Waals surface area contributed by atoms with E-state index >= 15 is 0 Å². The van der Waals surface area contributed by atoms with Gasteiger partial charge in [0.25, 0.3) is 0 Å². The quantitative estimate of drug-likeness (QED) is 0.868. The number of hydrogen-bond acceptors (Lipinski definition) is 2. The highest BCUT2D eigenvalue weighted by atomic mass is 14.8. The molecule has 0 spiro atoms. The number of nitrogen functional groups attached to an aromatic ring is 1. The first kappa shape index (κ1) is 11.6. The number of hydrogen-bond donors (Lipinski definition) is 1. The van der Waals surface area contributed by atoms with Crippen molar-refractivity contribution in [2.75, 3.05) is 5.73 Å². The predicted octanol–water partition coefficient (Wildman–Crippen LogP) is 3.59. The van der Waals surface area contributed by atoms with Crippen LogP contribution >= 0.6 is 0 Å². The molecule has 0 saturated carbocycles. The summed E-state index contributed by atoms with van der Waals surface area (Å²) in [6.45, 7) is 4.25. The highest BCUT2D eigenvalue weighted by Gasteiger charge is 2.06. The Morgan fingerprint density at radius 2 is 1.82 bits per heavy atom. The van der Waals surface area contributed by atoms with Crippen LogP contribution in [0.3, 0.4) is 0 Å². The summed E-state index contributed by atoms with van der Waals surface area (Å²) in [5.41, 5.74) is 10.7. The summed E-state index contributed by atoms with van der Waals surface area (Å²) in [6, 6.07) is 10.6. The molecule has 0 radical (unpaired) electrons. The van der Waals surface area contributed by atoms with Crippen molar-refractivity contribution in [2.45, 2.75) is 26.7 Å². The van der Waals surface area contributed by atoms with E-state index in [0.717, 1.165) is 17.5 Å². The molecule has 0 saturated heterocycles. The Balaban J connectivity index is 2.40. The molecule has 2 N–H and O–H groups in total. The molecule has 2 aromatic rings. The van der Waals surface area contributed by atoms with Crippen molar-refractivity contribution in [1.82, 2.24) is 4.98 Å². The summed E-state index contributed by atoms with van der Waals surface area (Å²) in [4.78, 5) is 4.15. The molecule has 1 aromatic heterocycles. The minimum absolute atomic E-state index is 0.605. The van der Waals surface area contributed by atoms with E-state index in [0.29, 0.717) is 5.82 Å². The van der Waals surface area contributed by atoms with Crippen LogP contribution in [0.2, 0.25) is 0 Å². The zero-order valence-electron chi connectivity index (χ0n) is 10.4. The normalized spacial score (nSPS) is 10.5. The SMILES string of the molecule is CCCc1ccc(-c2c(C)ccnc2N)cc1. The van der Waals surface area contributed by atoms with Gasteiger partial charge < -0.3 is 5.73 Å². The van der Waals surface area contributed by atoms with Gasteiger partial charge in [-0.15, -0.1) is 0 Å². The van der Waals surface area contributed by atoms with Crippen LogP contribution in [-0.4, -0.2) is 4.98 Å². The van der Waals surface area contributed by atoms with Gasteiger partial charge in [0.05, 0.1) is 0 Å². The van der Waals surface area contributed by atoms with Gasteiger partial charge in [0.15, 0.2) is 0 Å². The second kappa shape index (κ2) is 5.00.